The van der Waals surface area contributed by atoms with Gasteiger partial charge in [-0.15, -0.1) is 11.8 Å². The zero-order chi connectivity index (χ0) is 10.2. The van der Waals surface area contributed by atoms with Crippen LogP contribution in [0.5, 0.6) is 0 Å². The van der Waals surface area contributed by atoms with Crippen molar-refractivity contribution in [2.24, 2.45) is 0 Å². The quantitative estimate of drug-likeness (QED) is 0.707. The molecule has 0 unspecified atom stereocenters. The molecule has 0 atom stereocenters. The van der Waals surface area contributed by atoms with Crippen LogP contribution in [0.4, 0.5) is 5.82 Å². The summed E-state index contributed by atoms with van der Waals surface area (Å²) in [4.78, 5) is 15.2. The lowest BCUT2D eigenvalue weighted by atomic mass is 10.4. The highest BCUT2D eigenvalue weighted by Crippen LogP contribution is 2.03. The first-order valence-electron chi connectivity index (χ1n) is 4.22. The van der Waals surface area contributed by atoms with Crippen LogP contribution >= 0.6 is 11.8 Å². The van der Waals surface area contributed by atoms with Crippen molar-refractivity contribution in [1.82, 2.24) is 4.98 Å². The summed E-state index contributed by atoms with van der Waals surface area (Å²) in [5.74, 6) is 1.39. The number of hydrogen-bond donors (Lipinski definition) is 2. The first-order valence-corrected chi connectivity index (χ1v) is 5.38. The maximum Gasteiger partial charge on any atom is 0.235 e. The molecule has 14 heavy (non-hydrogen) atoms. The molecule has 0 bridgehead atoms. The number of nitrogens with one attached hydrogen (secondary N) is 1. The summed E-state index contributed by atoms with van der Waals surface area (Å²) in [6.45, 7) is 0.0987. The Bertz CT molecular complexity index is 279. The van der Waals surface area contributed by atoms with Crippen molar-refractivity contribution in [3.05, 3.63) is 24.4 Å². The van der Waals surface area contributed by atoms with E-state index >= 15 is 0 Å². The number of aliphatic hydroxyl groups is 1. The number of nitrogens with zero attached hydrogens (tertiary/aromatic N) is 1. The lowest BCUT2D eigenvalue weighted by molar-refractivity contribution is -0.113. The Morgan fingerprint density at radius 2 is 2.43 bits per heavy atom. The predicted octanol–water partition coefficient (Wildman–Crippen LogP) is 0.746. The van der Waals surface area contributed by atoms with Crippen LogP contribution < -0.4 is 5.32 Å². The van der Waals surface area contributed by atoms with Gasteiger partial charge in [-0.05, 0) is 12.1 Å². The Morgan fingerprint density at radius 3 is 3.07 bits per heavy atom. The van der Waals surface area contributed by atoms with Crippen molar-refractivity contribution in [2.45, 2.75) is 0 Å². The second kappa shape index (κ2) is 6.39. The van der Waals surface area contributed by atoms with Gasteiger partial charge in [-0.2, -0.15) is 0 Å². The van der Waals surface area contributed by atoms with Crippen LogP contribution in [-0.4, -0.2) is 34.1 Å². The summed E-state index contributed by atoms with van der Waals surface area (Å²) < 4.78 is 0. The summed E-state index contributed by atoms with van der Waals surface area (Å²) in [5, 5.41) is 11.2. The minimum absolute atomic E-state index is 0.0952. The minimum atomic E-state index is -0.0952. The highest BCUT2D eigenvalue weighted by molar-refractivity contribution is 7.99. The number of hydrogen-bond acceptors (Lipinski definition) is 4. The molecule has 76 valence electrons. The van der Waals surface area contributed by atoms with Gasteiger partial charge in [-0.1, -0.05) is 6.07 Å². The summed E-state index contributed by atoms with van der Waals surface area (Å²) in [6, 6.07) is 5.33. The van der Waals surface area contributed by atoms with Crippen LogP contribution in [0, 0.1) is 0 Å². The molecule has 0 radical (unpaired) electrons. The smallest absolute Gasteiger partial charge is 0.235 e. The van der Waals surface area contributed by atoms with Gasteiger partial charge in [0.05, 0.1) is 12.4 Å². The summed E-state index contributed by atoms with van der Waals surface area (Å²) in [7, 11) is 0. The van der Waals surface area contributed by atoms with Gasteiger partial charge in [0.25, 0.3) is 0 Å². The maximum atomic E-state index is 11.2. The van der Waals surface area contributed by atoms with Gasteiger partial charge < -0.3 is 10.4 Å². The third-order valence-electron chi connectivity index (χ3n) is 1.40. The van der Waals surface area contributed by atoms with Crippen molar-refractivity contribution < 1.29 is 9.90 Å². The van der Waals surface area contributed by atoms with E-state index in [1.807, 2.05) is 6.07 Å². The van der Waals surface area contributed by atoms with Crippen LogP contribution in [0.3, 0.4) is 0 Å². The van der Waals surface area contributed by atoms with Crippen LogP contribution in [0.1, 0.15) is 0 Å². The largest absolute Gasteiger partial charge is 0.396 e. The van der Waals surface area contributed by atoms with Crippen molar-refractivity contribution in [2.75, 3.05) is 23.4 Å². The van der Waals surface area contributed by atoms with Gasteiger partial charge in [-0.3, -0.25) is 4.79 Å². The number of carbonyl (C=O) groups is 1. The Morgan fingerprint density at radius 1 is 1.57 bits per heavy atom. The molecule has 0 saturated carbocycles. The summed E-state index contributed by atoms with van der Waals surface area (Å²) >= 11 is 1.39. The van der Waals surface area contributed by atoms with Crippen molar-refractivity contribution >= 4 is 23.5 Å². The monoisotopic (exact) mass is 212 g/mol. The zero-order valence-electron chi connectivity index (χ0n) is 7.64. The van der Waals surface area contributed by atoms with Crippen LogP contribution in [0.25, 0.3) is 0 Å². The molecule has 0 aliphatic rings. The van der Waals surface area contributed by atoms with Crippen LogP contribution in [0.2, 0.25) is 0 Å². The summed E-state index contributed by atoms with van der Waals surface area (Å²) in [6.07, 6.45) is 1.62. The number of thioether (sulfide) groups is 1. The van der Waals surface area contributed by atoms with E-state index < -0.39 is 0 Å². The second-order valence-electron chi connectivity index (χ2n) is 2.54. The molecule has 4 nitrogen and oxygen atoms in total. The van der Waals surface area contributed by atoms with Gasteiger partial charge in [0.1, 0.15) is 5.82 Å². The molecule has 0 aromatic carbocycles. The van der Waals surface area contributed by atoms with Crippen molar-refractivity contribution in [1.29, 1.82) is 0 Å². The fourth-order valence-corrected chi connectivity index (χ4v) is 1.38. The number of amides is 1. The average molecular weight is 212 g/mol. The highest BCUT2D eigenvalue weighted by Gasteiger charge is 2.01. The predicted molar refractivity (Wildman–Crippen MR) is 57.3 cm³/mol. The number of rotatable bonds is 5. The van der Waals surface area contributed by atoms with Gasteiger partial charge in [0, 0.05) is 11.9 Å². The maximum absolute atomic E-state index is 11.2. The molecule has 1 aromatic heterocycles. The van der Waals surface area contributed by atoms with Gasteiger partial charge in [0.15, 0.2) is 0 Å². The number of aromatic nitrogens is 1. The SMILES string of the molecule is O=C(CSCCO)Nc1ccccn1. The van der Waals surface area contributed by atoms with Crippen molar-refractivity contribution in [3.63, 3.8) is 0 Å². The molecule has 1 heterocycles. The van der Waals surface area contributed by atoms with E-state index in [0.29, 0.717) is 17.3 Å². The molecule has 0 aliphatic carbocycles. The Labute approximate surface area is 86.7 Å². The molecule has 0 spiro atoms. The second-order valence-corrected chi connectivity index (χ2v) is 3.64. The topological polar surface area (TPSA) is 62.2 Å². The third kappa shape index (κ3) is 4.25. The van der Waals surface area contributed by atoms with E-state index in [-0.39, 0.29) is 12.5 Å². The van der Waals surface area contributed by atoms with Crippen LogP contribution in [0.15, 0.2) is 24.4 Å². The van der Waals surface area contributed by atoms with E-state index in [1.54, 1.807) is 18.3 Å². The first-order chi connectivity index (χ1) is 6.83. The Balaban J connectivity index is 2.27. The molecule has 5 heteroatoms. The fourth-order valence-electron chi connectivity index (χ4n) is 0.845. The Kier molecular flexibility index (Phi) is 5.03. The molecule has 2 N–H and O–H groups in total. The molecule has 0 aliphatic heterocycles. The number of pyridine rings is 1. The molecular formula is C9H12N2O2S. The number of anilines is 1. The number of aliphatic hydroxyl groups excluding tert-OH is 1. The lowest BCUT2D eigenvalue weighted by Crippen LogP contribution is -2.15. The first kappa shape index (κ1) is 11.0. The number of carbonyl (C=O) groups excluding carboxylic acids is 1. The van der Waals surface area contributed by atoms with Crippen LogP contribution in [-0.2, 0) is 4.79 Å². The van der Waals surface area contributed by atoms with Gasteiger partial charge in [0.2, 0.25) is 5.91 Å². The average Bonchev–Trinajstić information content (AvgIpc) is 2.20. The van der Waals surface area contributed by atoms with E-state index in [1.165, 1.54) is 11.8 Å². The summed E-state index contributed by atoms with van der Waals surface area (Å²) in [5.41, 5.74) is 0. The van der Waals surface area contributed by atoms with E-state index in [9.17, 15) is 4.79 Å². The van der Waals surface area contributed by atoms with Crippen molar-refractivity contribution in [3.8, 4) is 0 Å². The Hall–Kier alpha value is -1.07. The normalized spacial score (nSPS) is 9.79. The standard InChI is InChI=1S/C9H12N2O2S/c12-5-6-14-7-9(13)11-8-3-1-2-4-10-8/h1-4,12H,5-7H2,(H,10,11,13). The lowest BCUT2D eigenvalue weighted by Gasteiger charge is -2.02. The highest BCUT2D eigenvalue weighted by atomic mass is 32.2. The third-order valence-corrected chi connectivity index (χ3v) is 2.34. The molecule has 1 rings (SSSR count). The molecular weight excluding hydrogens is 200 g/mol. The zero-order valence-corrected chi connectivity index (χ0v) is 8.46. The molecule has 1 amide bonds. The molecule has 1 aromatic rings. The fraction of sp³-hybridized carbons (Fsp3) is 0.333. The van der Waals surface area contributed by atoms with Gasteiger partial charge >= 0.3 is 0 Å². The van der Waals surface area contributed by atoms with Gasteiger partial charge in [-0.25, -0.2) is 4.98 Å². The van der Waals surface area contributed by atoms with E-state index in [4.69, 9.17) is 5.11 Å². The van der Waals surface area contributed by atoms with E-state index in [2.05, 4.69) is 10.3 Å². The van der Waals surface area contributed by atoms with E-state index in [0.717, 1.165) is 0 Å². The molecule has 0 saturated heterocycles. The minimum Gasteiger partial charge on any atom is -0.396 e. The molecule has 0 fully saturated rings.